The van der Waals surface area contributed by atoms with Gasteiger partial charge in [0.05, 0.1) is 12.7 Å². The highest BCUT2D eigenvalue weighted by Crippen LogP contribution is 2.55. The quantitative estimate of drug-likeness (QED) is 0.145. The molecule has 0 spiro atoms. The van der Waals surface area contributed by atoms with Crippen LogP contribution < -0.4 is 26.5 Å². The fourth-order valence-corrected chi connectivity index (χ4v) is 9.09. The Kier molecular flexibility index (Phi) is 12.3. The smallest absolute Gasteiger partial charge is 0.437 e. The normalized spacial score (nSPS) is 12.2. The molecule has 9 nitrogen and oxygen atoms in total. The third-order valence-electron chi connectivity index (χ3n) is 6.53. The first kappa shape index (κ1) is 35.3. The topological polar surface area (TPSA) is 109 Å². The van der Waals surface area contributed by atoms with Crippen molar-refractivity contribution in [3.05, 3.63) is 91.0 Å². The maximum atomic E-state index is 13.1. The molecular formula is C35H46N4O5P+. The molecule has 0 saturated carbocycles. The van der Waals surface area contributed by atoms with Gasteiger partial charge in [0.1, 0.15) is 34.4 Å². The van der Waals surface area contributed by atoms with Gasteiger partial charge in [-0.1, -0.05) is 54.6 Å². The van der Waals surface area contributed by atoms with Crippen LogP contribution in [0.3, 0.4) is 0 Å². The molecule has 3 aromatic rings. The van der Waals surface area contributed by atoms with Crippen LogP contribution in [0.25, 0.3) is 0 Å². The average Bonchev–Trinajstić information content (AvgIpc) is 2.96. The minimum absolute atomic E-state index is 0.157. The lowest BCUT2D eigenvalue weighted by molar-refractivity contribution is -0.121. The second-order valence-corrected chi connectivity index (χ2v) is 16.3. The fraction of sp³-hybridized carbons (Fsp3) is 0.371. The number of carbonyl (C=O) groups excluding carboxylic acids is 3. The van der Waals surface area contributed by atoms with Crippen molar-refractivity contribution in [1.29, 1.82) is 0 Å². The zero-order chi connectivity index (χ0) is 33.1. The van der Waals surface area contributed by atoms with Crippen molar-refractivity contribution in [2.45, 2.75) is 59.2 Å². The Labute approximate surface area is 267 Å². The van der Waals surface area contributed by atoms with Crippen LogP contribution in [-0.4, -0.2) is 66.5 Å². The second kappa shape index (κ2) is 15.7. The number of amides is 3. The van der Waals surface area contributed by atoms with Gasteiger partial charge in [-0.05, 0) is 84.4 Å². The molecule has 0 heterocycles. The third kappa shape index (κ3) is 11.0. The molecule has 0 aliphatic heterocycles. The van der Waals surface area contributed by atoms with Crippen molar-refractivity contribution in [2.24, 2.45) is 4.99 Å². The van der Waals surface area contributed by atoms with Crippen molar-refractivity contribution < 1.29 is 23.9 Å². The highest BCUT2D eigenvalue weighted by molar-refractivity contribution is 7.95. The van der Waals surface area contributed by atoms with Crippen LogP contribution in [0.2, 0.25) is 0 Å². The summed E-state index contributed by atoms with van der Waals surface area (Å²) >= 11 is 0. The van der Waals surface area contributed by atoms with Gasteiger partial charge < -0.3 is 19.7 Å². The van der Waals surface area contributed by atoms with Gasteiger partial charge in [-0.3, -0.25) is 10.1 Å². The number of likely N-dealkylation sites (N-methyl/N-ethyl adjacent to an activating group) is 1. The largest absolute Gasteiger partial charge is 0.444 e. The van der Waals surface area contributed by atoms with E-state index < -0.39 is 30.7 Å². The number of aliphatic imine (C=N–C) groups is 1. The zero-order valence-electron chi connectivity index (χ0n) is 27.4. The van der Waals surface area contributed by atoms with E-state index >= 15 is 0 Å². The Morgan fingerprint density at radius 2 is 1.18 bits per heavy atom. The number of benzene rings is 3. The van der Waals surface area contributed by atoms with Gasteiger partial charge in [-0.25, -0.2) is 9.59 Å². The van der Waals surface area contributed by atoms with Crippen LogP contribution in [0.5, 0.6) is 0 Å². The van der Waals surface area contributed by atoms with E-state index in [1.165, 1.54) is 20.8 Å². The molecule has 0 aliphatic rings. The van der Waals surface area contributed by atoms with Crippen LogP contribution in [-0.2, 0) is 14.3 Å². The van der Waals surface area contributed by atoms with E-state index in [0.717, 1.165) is 12.6 Å². The number of carbonyl (C=O) groups is 3. The van der Waals surface area contributed by atoms with Crippen molar-refractivity contribution in [2.75, 3.05) is 26.3 Å². The molecule has 3 rings (SSSR count). The van der Waals surface area contributed by atoms with Crippen LogP contribution >= 0.6 is 7.26 Å². The predicted molar refractivity (Wildman–Crippen MR) is 183 cm³/mol. The second-order valence-electron chi connectivity index (χ2n) is 12.6. The van der Waals surface area contributed by atoms with Gasteiger partial charge in [-0.2, -0.15) is 0 Å². The SMILES string of the molecule is CN(CC(=O)NCCC[P+](c1ccccc1)(c1ccccc1)c1ccccc1)C(=NC(=O)OC(C)(C)C)NC(=O)OC(C)(C)C. The number of alkyl carbamates (subject to hydrolysis) is 1. The Bertz CT molecular complexity index is 1340. The monoisotopic (exact) mass is 633 g/mol. The minimum atomic E-state index is -2.02. The van der Waals surface area contributed by atoms with E-state index in [1.54, 1.807) is 48.6 Å². The predicted octanol–water partition coefficient (Wildman–Crippen LogP) is 5.23. The third-order valence-corrected chi connectivity index (χ3v) is 11.1. The molecule has 0 radical (unpaired) electrons. The average molecular weight is 634 g/mol. The fourth-order valence-electron chi connectivity index (χ4n) is 4.75. The van der Waals surface area contributed by atoms with E-state index in [0.29, 0.717) is 6.54 Å². The maximum absolute atomic E-state index is 13.1. The van der Waals surface area contributed by atoms with E-state index in [2.05, 4.69) is 88.4 Å². The summed E-state index contributed by atoms with van der Waals surface area (Å²) in [4.78, 5) is 43.3. The van der Waals surface area contributed by atoms with Gasteiger partial charge in [0.25, 0.3) is 0 Å². The van der Waals surface area contributed by atoms with Crippen molar-refractivity contribution in [3.63, 3.8) is 0 Å². The van der Waals surface area contributed by atoms with Gasteiger partial charge in [0.15, 0.2) is 0 Å². The number of nitrogens with zero attached hydrogens (tertiary/aromatic N) is 2. The van der Waals surface area contributed by atoms with Crippen molar-refractivity contribution in [1.82, 2.24) is 15.5 Å². The highest BCUT2D eigenvalue weighted by atomic mass is 31.2. The van der Waals surface area contributed by atoms with E-state index in [-0.39, 0.29) is 18.4 Å². The van der Waals surface area contributed by atoms with Gasteiger partial charge >= 0.3 is 12.2 Å². The maximum Gasteiger partial charge on any atom is 0.437 e. The summed E-state index contributed by atoms with van der Waals surface area (Å²) in [7, 11) is -0.464. The first-order valence-electron chi connectivity index (χ1n) is 15.0. The summed E-state index contributed by atoms with van der Waals surface area (Å²) in [5.74, 6) is -0.445. The minimum Gasteiger partial charge on any atom is -0.444 e. The Hall–Kier alpha value is -4.23. The van der Waals surface area contributed by atoms with Gasteiger partial charge in [-0.15, -0.1) is 4.99 Å². The summed E-state index contributed by atoms with van der Waals surface area (Å²) in [6, 6.07) is 31.8. The summed E-state index contributed by atoms with van der Waals surface area (Å²) in [6.07, 6.45) is -0.118. The molecule has 10 heteroatoms. The summed E-state index contributed by atoms with van der Waals surface area (Å²) < 4.78 is 10.6. The van der Waals surface area contributed by atoms with Crippen LogP contribution in [0.15, 0.2) is 96.0 Å². The molecule has 2 N–H and O–H groups in total. The molecule has 240 valence electrons. The molecule has 0 aliphatic carbocycles. The zero-order valence-corrected chi connectivity index (χ0v) is 28.3. The Morgan fingerprint density at radius 1 is 0.733 bits per heavy atom. The molecule has 0 unspecified atom stereocenters. The summed E-state index contributed by atoms with van der Waals surface area (Å²) in [5.41, 5.74) is -1.56. The van der Waals surface area contributed by atoms with E-state index in [4.69, 9.17) is 9.47 Å². The molecule has 0 saturated heterocycles. The number of hydrogen-bond acceptors (Lipinski definition) is 5. The number of hydrogen-bond donors (Lipinski definition) is 2. The van der Waals surface area contributed by atoms with Crippen molar-refractivity contribution >= 4 is 47.2 Å². The van der Waals surface area contributed by atoms with Crippen LogP contribution in [0.4, 0.5) is 9.59 Å². The lowest BCUT2D eigenvalue weighted by Gasteiger charge is -2.28. The molecule has 0 aromatic heterocycles. The number of nitrogens with one attached hydrogen (secondary N) is 2. The molecule has 3 amide bonds. The first-order chi connectivity index (χ1) is 21.2. The molecule has 0 fully saturated rings. The number of ether oxygens (including phenoxy) is 2. The molecule has 0 bridgehead atoms. The molecule has 3 aromatic carbocycles. The lowest BCUT2D eigenvalue weighted by Crippen LogP contribution is -2.48. The lowest BCUT2D eigenvalue weighted by atomic mass is 10.2. The molecule has 45 heavy (non-hydrogen) atoms. The number of guanidine groups is 1. The molecule has 0 atom stereocenters. The van der Waals surface area contributed by atoms with E-state index in [9.17, 15) is 14.4 Å². The van der Waals surface area contributed by atoms with Crippen LogP contribution in [0, 0.1) is 0 Å². The van der Waals surface area contributed by atoms with Gasteiger partial charge in [0, 0.05) is 13.6 Å². The van der Waals surface area contributed by atoms with Crippen molar-refractivity contribution in [3.8, 4) is 0 Å². The highest BCUT2D eigenvalue weighted by Gasteiger charge is 2.44. The van der Waals surface area contributed by atoms with E-state index in [1.807, 2.05) is 18.2 Å². The first-order valence-corrected chi connectivity index (χ1v) is 17.0. The standard InChI is InChI=1S/C35H45N4O5P/c1-34(2,3)43-32(41)37-31(38-33(42)44-35(4,5)6)39(7)26-30(40)36-24-17-25-45(27-18-11-8-12-19-27,28-20-13-9-14-21-28)29-22-15-10-16-23-29/h8-16,18-23H,17,24-26H2,1-7H3,(H-,36,37,38,40,41,42)/p+1. The Balaban J connectivity index is 1.74. The molecular weight excluding hydrogens is 587 g/mol. The summed E-state index contributed by atoms with van der Waals surface area (Å²) in [5, 5.41) is 9.32. The van der Waals surface area contributed by atoms with Gasteiger partial charge in [0.2, 0.25) is 11.9 Å². The Morgan fingerprint density at radius 3 is 1.60 bits per heavy atom. The van der Waals surface area contributed by atoms with Crippen LogP contribution in [0.1, 0.15) is 48.0 Å². The summed E-state index contributed by atoms with van der Waals surface area (Å²) in [6.45, 7) is 10.6. The number of rotatable bonds is 9.